The molecule has 2 heterocycles. The first kappa shape index (κ1) is 10.5. The molecule has 2 rings (SSSR count). The van der Waals surface area contributed by atoms with E-state index in [4.69, 9.17) is 0 Å². The van der Waals surface area contributed by atoms with Crippen LogP contribution in [-0.2, 0) is 0 Å². The first-order valence-electron chi connectivity index (χ1n) is 5.25. The molecule has 0 bridgehead atoms. The van der Waals surface area contributed by atoms with Gasteiger partial charge in [0.15, 0.2) is 0 Å². The topological polar surface area (TPSA) is 12.0 Å². The van der Waals surface area contributed by atoms with Gasteiger partial charge in [0, 0.05) is 6.04 Å². The number of thiophene rings is 1. The minimum absolute atomic E-state index is 0.598. The van der Waals surface area contributed by atoms with E-state index >= 15 is 0 Å². The van der Waals surface area contributed by atoms with E-state index in [1.165, 1.54) is 23.5 Å². The molecule has 1 N–H and O–H groups in total. The Morgan fingerprint density at radius 3 is 3.14 bits per heavy atom. The highest BCUT2D eigenvalue weighted by Crippen LogP contribution is 2.34. The molecule has 2 unspecified atom stereocenters. The van der Waals surface area contributed by atoms with Crippen LogP contribution in [0.4, 0.5) is 0 Å². The van der Waals surface area contributed by atoms with Gasteiger partial charge in [-0.15, -0.1) is 0 Å². The van der Waals surface area contributed by atoms with Crippen molar-refractivity contribution in [3.05, 3.63) is 22.4 Å². The summed E-state index contributed by atoms with van der Waals surface area (Å²) in [6.45, 7) is 3.27. The predicted molar refractivity (Wildman–Crippen MR) is 66.2 cm³/mol. The Hall–Kier alpha value is 0.01000. The summed E-state index contributed by atoms with van der Waals surface area (Å²) in [5, 5.41) is 8.09. The van der Waals surface area contributed by atoms with Gasteiger partial charge < -0.3 is 5.32 Å². The maximum atomic E-state index is 3.62. The van der Waals surface area contributed by atoms with E-state index in [0.717, 1.165) is 12.5 Å². The van der Waals surface area contributed by atoms with Gasteiger partial charge in [0.1, 0.15) is 0 Å². The van der Waals surface area contributed by atoms with E-state index < -0.39 is 0 Å². The van der Waals surface area contributed by atoms with Gasteiger partial charge >= 0.3 is 0 Å². The van der Waals surface area contributed by atoms with Crippen LogP contribution in [0.25, 0.3) is 0 Å². The molecule has 2 atom stereocenters. The van der Waals surface area contributed by atoms with Crippen LogP contribution < -0.4 is 5.32 Å². The Bertz CT molecular complexity index is 252. The van der Waals surface area contributed by atoms with Gasteiger partial charge in [-0.2, -0.15) is 23.1 Å². The van der Waals surface area contributed by atoms with Gasteiger partial charge in [0.05, 0.1) is 0 Å². The number of nitrogens with one attached hydrogen (secondary N) is 1. The molecule has 1 aliphatic rings. The lowest BCUT2D eigenvalue weighted by Gasteiger charge is -2.22. The smallest absolute Gasteiger partial charge is 0.0365 e. The van der Waals surface area contributed by atoms with Crippen molar-refractivity contribution < 1.29 is 0 Å². The number of hydrogen-bond donors (Lipinski definition) is 1. The summed E-state index contributed by atoms with van der Waals surface area (Å²) >= 11 is 3.90. The largest absolute Gasteiger partial charge is 0.310 e. The van der Waals surface area contributed by atoms with Gasteiger partial charge in [0.2, 0.25) is 0 Å². The van der Waals surface area contributed by atoms with Crippen LogP contribution in [0.5, 0.6) is 0 Å². The van der Waals surface area contributed by atoms with Crippen molar-refractivity contribution in [3.63, 3.8) is 0 Å². The third kappa shape index (κ3) is 2.33. The van der Waals surface area contributed by atoms with Gasteiger partial charge in [0.25, 0.3) is 0 Å². The average molecular weight is 227 g/mol. The molecule has 0 aliphatic carbocycles. The standard InChI is InChI=1S/C11H17NS2/c1-2-12-11(9-3-5-13-7-9)10-4-6-14-8-10/h3,5,7,10-12H,2,4,6,8H2,1H3. The monoisotopic (exact) mass is 227 g/mol. The number of hydrogen-bond acceptors (Lipinski definition) is 3. The third-order valence-corrected chi connectivity index (χ3v) is 4.65. The maximum Gasteiger partial charge on any atom is 0.0365 e. The van der Waals surface area contributed by atoms with Crippen molar-refractivity contribution in [1.29, 1.82) is 0 Å². The molecule has 3 heteroatoms. The second-order valence-corrected chi connectivity index (χ2v) is 5.65. The van der Waals surface area contributed by atoms with Crippen molar-refractivity contribution >= 4 is 23.1 Å². The fourth-order valence-corrected chi connectivity index (χ4v) is 4.04. The Morgan fingerprint density at radius 1 is 1.64 bits per heavy atom. The van der Waals surface area contributed by atoms with Crippen LogP contribution in [0.2, 0.25) is 0 Å². The average Bonchev–Trinajstić information content (AvgIpc) is 2.87. The summed E-state index contributed by atoms with van der Waals surface area (Å²) in [4.78, 5) is 0. The molecule has 0 saturated carbocycles. The normalized spacial score (nSPS) is 23.9. The summed E-state index contributed by atoms with van der Waals surface area (Å²) in [5.41, 5.74) is 1.49. The zero-order valence-electron chi connectivity index (χ0n) is 8.53. The van der Waals surface area contributed by atoms with Crippen molar-refractivity contribution in [2.45, 2.75) is 19.4 Å². The van der Waals surface area contributed by atoms with Gasteiger partial charge in [-0.25, -0.2) is 0 Å². The molecule has 1 aromatic rings. The molecule has 1 fully saturated rings. The van der Waals surface area contributed by atoms with Crippen LogP contribution in [0.3, 0.4) is 0 Å². The van der Waals surface area contributed by atoms with E-state index in [9.17, 15) is 0 Å². The Kier molecular flexibility index (Phi) is 3.90. The van der Waals surface area contributed by atoms with Crippen molar-refractivity contribution in [1.82, 2.24) is 5.32 Å². The second kappa shape index (κ2) is 5.19. The van der Waals surface area contributed by atoms with Crippen molar-refractivity contribution in [2.75, 3.05) is 18.1 Å². The van der Waals surface area contributed by atoms with Crippen molar-refractivity contribution in [2.24, 2.45) is 5.92 Å². The summed E-state index contributed by atoms with van der Waals surface area (Å²) in [6.07, 6.45) is 1.37. The van der Waals surface area contributed by atoms with Crippen LogP contribution >= 0.6 is 23.1 Å². The lowest BCUT2D eigenvalue weighted by atomic mass is 9.94. The van der Waals surface area contributed by atoms with Crippen LogP contribution in [0.15, 0.2) is 16.8 Å². The minimum atomic E-state index is 0.598. The fourth-order valence-electron chi connectivity index (χ4n) is 2.04. The molecule has 0 amide bonds. The molecule has 1 aliphatic heterocycles. The molecule has 0 aromatic carbocycles. The SMILES string of the molecule is CCNC(c1ccsc1)C1CCSC1. The van der Waals surface area contributed by atoms with Gasteiger partial charge in [-0.05, 0) is 52.8 Å². The first-order valence-corrected chi connectivity index (χ1v) is 7.34. The highest BCUT2D eigenvalue weighted by Gasteiger charge is 2.25. The quantitative estimate of drug-likeness (QED) is 0.848. The van der Waals surface area contributed by atoms with Gasteiger partial charge in [-0.3, -0.25) is 0 Å². The van der Waals surface area contributed by atoms with E-state index in [0.29, 0.717) is 6.04 Å². The molecule has 78 valence electrons. The summed E-state index contributed by atoms with van der Waals surface area (Å²) < 4.78 is 0. The zero-order chi connectivity index (χ0) is 9.80. The van der Waals surface area contributed by atoms with Gasteiger partial charge in [-0.1, -0.05) is 6.92 Å². The Labute approximate surface area is 94.3 Å². The van der Waals surface area contributed by atoms with Crippen LogP contribution in [-0.4, -0.2) is 18.1 Å². The molecular formula is C11H17NS2. The molecule has 1 saturated heterocycles. The molecule has 14 heavy (non-hydrogen) atoms. The Balaban J connectivity index is 2.06. The summed E-state index contributed by atoms with van der Waals surface area (Å²) in [7, 11) is 0. The van der Waals surface area contributed by atoms with E-state index in [-0.39, 0.29) is 0 Å². The molecule has 1 aromatic heterocycles. The minimum Gasteiger partial charge on any atom is -0.310 e. The Morgan fingerprint density at radius 2 is 2.57 bits per heavy atom. The van der Waals surface area contributed by atoms with Crippen LogP contribution in [0.1, 0.15) is 24.9 Å². The predicted octanol–water partition coefficient (Wildman–Crippen LogP) is 3.15. The molecule has 0 spiro atoms. The van der Waals surface area contributed by atoms with E-state index in [1.807, 2.05) is 0 Å². The molecule has 0 radical (unpaired) electrons. The third-order valence-electron chi connectivity index (χ3n) is 2.76. The lowest BCUT2D eigenvalue weighted by Crippen LogP contribution is -2.27. The maximum absolute atomic E-state index is 3.62. The number of thioether (sulfide) groups is 1. The van der Waals surface area contributed by atoms with E-state index in [1.54, 1.807) is 11.3 Å². The lowest BCUT2D eigenvalue weighted by molar-refractivity contribution is 0.402. The summed E-state index contributed by atoms with van der Waals surface area (Å²) in [5.74, 6) is 3.51. The first-order chi connectivity index (χ1) is 6.92. The van der Waals surface area contributed by atoms with E-state index in [2.05, 4.69) is 40.8 Å². The van der Waals surface area contributed by atoms with Crippen molar-refractivity contribution in [3.8, 4) is 0 Å². The summed E-state index contributed by atoms with van der Waals surface area (Å²) in [6, 6.07) is 2.86. The molecular weight excluding hydrogens is 210 g/mol. The zero-order valence-corrected chi connectivity index (χ0v) is 10.2. The second-order valence-electron chi connectivity index (χ2n) is 3.72. The molecule has 1 nitrogen and oxygen atoms in total. The number of rotatable bonds is 4. The van der Waals surface area contributed by atoms with Crippen LogP contribution in [0, 0.1) is 5.92 Å². The highest BCUT2D eigenvalue weighted by molar-refractivity contribution is 7.99. The highest BCUT2D eigenvalue weighted by atomic mass is 32.2. The fraction of sp³-hybridized carbons (Fsp3) is 0.636.